The van der Waals surface area contributed by atoms with Crippen molar-refractivity contribution in [2.75, 3.05) is 7.11 Å². The molecule has 1 amide bonds. The Morgan fingerprint density at radius 1 is 0.970 bits per heavy atom. The van der Waals surface area contributed by atoms with Crippen LogP contribution in [-0.2, 0) is 6.54 Å². The quantitative estimate of drug-likeness (QED) is 0.499. The van der Waals surface area contributed by atoms with Crippen LogP contribution in [-0.4, -0.2) is 28.2 Å². The molecular weight excluding hydrogens is 418 g/mol. The van der Waals surface area contributed by atoms with E-state index in [0.29, 0.717) is 27.9 Å². The summed E-state index contributed by atoms with van der Waals surface area (Å²) in [5.41, 5.74) is 1.51. The second-order valence-corrected chi connectivity index (χ2v) is 8.14. The molecule has 1 aliphatic rings. The van der Waals surface area contributed by atoms with Crippen LogP contribution in [0.2, 0.25) is 0 Å². The summed E-state index contributed by atoms with van der Waals surface area (Å²) in [7, 11) is 1.50. The molecule has 4 aromatic rings. The van der Waals surface area contributed by atoms with Crippen molar-refractivity contribution in [1.29, 1.82) is 0 Å². The Morgan fingerprint density at radius 2 is 1.67 bits per heavy atom. The van der Waals surface area contributed by atoms with Crippen LogP contribution in [0.1, 0.15) is 28.8 Å². The molecule has 0 bridgehead atoms. The van der Waals surface area contributed by atoms with Gasteiger partial charge in [0.15, 0.2) is 0 Å². The summed E-state index contributed by atoms with van der Waals surface area (Å²) in [5.74, 6) is 0.348. The molecule has 1 N–H and O–H groups in total. The van der Waals surface area contributed by atoms with Crippen molar-refractivity contribution < 1.29 is 9.53 Å². The SMILES string of the molecule is COc1ccccc1-n1c(=O)c2ccccc2n(Cc2ccc(C(=O)NC3CC3)cc2)c1=O. The molecular formula is C26H23N3O4. The minimum absolute atomic E-state index is 0.0867. The van der Waals surface area contributed by atoms with Gasteiger partial charge in [-0.2, -0.15) is 0 Å². The van der Waals surface area contributed by atoms with Crippen molar-refractivity contribution in [1.82, 2.24) is 14.5 Å². The number of carbonyl (C=O) groups excluding carboxylic acids is 1. The number of benzene rings is 3. The number of carbonyl (C=O) groups is 1. The van der Waals surface area contributed by atoms with Crippen LogP contribution in [0, 0.1) is 0 Å². The van der Waals surface area contributed by atoms with Gasteiger partial charge in [-0.1, -0.05) is 36.4 Å². The topological polar surface area (TPSA) is 82.3 Å². The molecule has 1 aromatic heterocycles. The molecule has 1 aliphatic carbocycles. The van der Waals surface area contributed by atoms with Gasteiger partial charge >= 0.3 is 5.69 Å². The number of hydrogen-bond acceptors (Lipinski definition) is 4. The second kappa shape index (κ2) is 8.43. The average molecular weight is 441 g/mol. The van der Waals surface area contributed by atoms with E-state index in [-0.39, 0.29) is 18.5 Å². The molecule has 1 fully saturated rings. The normalized spacial score (nSPS) is 13.1. The fourth-order valence-electron chi connectivity index (χ4n) is 3.94. The zero-order chi connectivity index (χ0) is 22.9. The average Bonchev–Trinajstić information content (AvgIpc) is 3.66. The lowest BCUT2D eigenvalue weighted by Gasteiger charge is -2.16. The van der Waals surface area contributed by atoms with Crippen molar-refractivity contribution in [3.8, 4) is 11.4 Å². The van der Waals surface area contributed by atoms with Crippen LogP contribution < -0.4 is 21.3 Å². The van der Waals surface area contributed by atoms with Crippen molar-refractivity contribution >= 4 is 16.8 Å². The predicted octanol–water partition coefficient (Wildman–Crippen LogP) is 3.10. The molecule has 0 atom stereocenters. The third-order valence-corrected chi connectivity index (χ3v) is 5.85. The summed E-state index contributed by atoms with van der Waals surface area (Å²) in [4.78, 5) is 39.1. The molecule has 0 aliphatic heterocycles. The van der Waals surface area contributed by atoms with Crippen molar-refractivity contribution in [3.63, 3.8) is 0 Å². The summed E-state index contributed by atoms with van der Waals surface area (Å²) < 4.78 is 8.12. The summed E-state index contributed by atoms with van der Waals surface area (Å²) in [6, 6.07) is 21.5. The smallest absolute Gasteiger partial charge is 0.336 e. The van der Waals surface area contributed by atoms with Gasteiger partial charge in [-0.05, 0) is 54.8 Å². The number of fused-ring (bicyclic) bond motifs is 1. The number of nitrogens with one attached hydrogen (secondary N) is 1. The first-order valence-corrected chi connectivity index (χ1v) is 10.8. The van der Waals surface area contributed by atoms with E-state index in [0.717, 1.165) is 23.0 Å². The lowest BCUT2D eigenvalue weighted by atomic mass is 10.1. The molecule has 3 aromatic carbocycles. The van der Waals surface area contributed by atoms with Crippen LogP contribution in [0.4, 0.5) is 0 Å². The number of amides is 1. The molecule has 7 heteroatoms. The van der Waals surface area contributed by atoms with Gasteiger partial charge in [0, 0.05) is 11.6 Å². The lowest BCUT2D eigenvalue weighted by Crippen LogP contribution is -2.39. The minimum atomic E-state index is -0.459. The van der Waals surface area contributed by atoms with E-state index in [2.05, 4.69) is 5.32 Å². The van der Waals surface area contributed by atoms with Crippen molar-refractivity contribution in [2.24, 2.45) is 0 Å². The van der Waals surface area contributed by atoms with Crippen LogP contribution >= 0.6 is 0 Å². The first-order chi connectivity index (χ1) is 16.1. The lowest BCUT2D eigenvalue weighted by molar-refractivity contribution is 0.0951. The van der Waals surface area contributed by atoms with Gasteiger partial charge in [0.1, 0.15) is 5.75 Å². The second-order valence-electron chi connectivity index (χ2n) is 8.14. The largest absolute Gasteiger partial charge is 0.495 e. The third kappa shape index (κ3) is 3.93. The van der Waals surface area contributed by atoms with E-state index in [1.807, 2.05) is 12.1 Å². The maximum Gasteiger partial charge on any atom is 0.336 e. The molecule has 1 heterocycles. The van der Waals surface area contributed by atoms with E-state index < -0.39 is 11.2 Å². The highest BCUT2D eigenvalue weighted by molar-refractivity contribution is 5.94. The van der Waals surface area contributed by atoms with E-state index in [1.54, 1.807) is 65.2 Å². The number of nitrogens with zero attached hydrogens (tertiary/aromatic N) is 2. The zero-order valence-electron chi connectivity index (χ0n) is 18.2. The highest BCUT2D eigenvalue weighted by Gasteiger charge is 2.23. The zero-order valence-corrected chi connectivity index (χ0v) is 18.2. The van der Waals surface area contributed by atoms with E-state index in [1.165, 1.54) is 7.11 Å². The maximum absolute atomic E-state index is 13.6. The number of ether oxygens (including phenoxy) is 1. The van der Waals surface area contributed by atoms with Crippen LogP contribution in [0.25, 0.3) is 16.6 Å². The number of rotatable bonds is 6. The number of aromatic nitrogens is 2. The minimum Gasteiger partial charge on any atom is -0.495 e. The van der Waals surface area contributed by atoms with E-state index in [4.69, 9.17) is 4.74 Å². The van der Waals surface area contributed by atoms with Gasteiger partial charge in [0.05, 0.1) is 30.2 Å². The molecule has 1 saturated carbocycles. The van der Waals surface area contributed by atoms with Gasteiger partial charge in [-0.15, -0.1) is 0 Å². The first-order valence-electron chi connectivity index (χ1n) is 10.8. The summed E-state index contributed by atoms with van der Waals surface area (Å²) in [6.07, 6.45) is 2.06. The first kappa shape index (κ1) is 20.8. The number of hydrogen-bond donors (Lipinski definition) is 1. The van der Waals surface area contributed by atoms with Gasteiger partial charge in [0.25, 0.3) is 11.5 Å². The Balaban J connectivity index is 1.60. The van der Waals surface area contributed by atoms with E-state index >= 15 is 0 Å². The third-order valence-electron chi connectivity index (χ3n) is 5.85. The van der Waals surface area contributed by atoms with Crippen LogP contribution in [0.15, 0.2) is 82.4 Å². The monoisotopic (exact) mass is 441 g/mol. The molecule has 5 rings (SSSR count). The number of para-hydroxylation sites is 3. The summed E-state index contributed by atoms with van der Waals surface area (Å²) >= 11 is 0. The molecule has 33 heavy (non-hydrogen) atoms. The Labute approximate surface area is 189 Å². The molecule has 166 valence electrons. The summed E-state index contributed by atoms with van der Waals surface area (Å²) in [5, 5.41) is 3.40. The Bertz CT molecular complexity index is 1460. The van der Waals surface area contributed by atoms with Crippen LogP contribution in [0.3, 0.4) is 0 Å². The maximum atomic E-state index is 13.6. The predicted molar refractivity (Wildman–Crippen MR) is 126 cm³/mol. The molecule has 0 saturated heterocycles. The highest BCUT2D eigenvalue weighted by Crippen LogP contribution is 2.21. The fourth-order valence-corrected chi connectivity index (χ4v) is 3.94. The molecule has 0 unspecified atom stereocenters. The van der Waals surface area contributed by atoms with Gasteiger partial charge in [-0.25, -0.2) is 9.36 Å². The standard InChI is InChI=1S/C26H23N3O4/c1-33-23-9-5-4-8-22(23)29-25(31)20-6-2-3-7-21(20)28(26(29)32)16-17-10-12-18(13-11-17)24(30)27-19-14-15-19/h2-13,19H,14-16H2,1H3,(H,27,30). The Kier molecular flexibility index (Phi) is 5.30. The molecule has 0 spiro atoms. The van der Waals surface area contributed by atoms with Gasteiger partial charge in [-0.3, -0.25) is 14.2 Å². The summed E-state index contributed by atoms with van der Waals surface area (Å²) in [6.45, 7) is 0.249. The molecule has 7 nitrogen and oxygen atoms in total. The van der Waals surface area contributed by atoms with Crippen molar-refractivity contribution in [2.45, 2.75) is 25.4 Å². The Morgan fingerprint density at radius 3 is 2.39 bits per heavy atom. The fraction of sp³-hybridized carbons (Fsp3) is 0.192. The van der Waals surface area contributed by atoms with Gasteiger partial charge < -0.3 is 10.1 Å². The van der Waals surface area contributed by atoms with Gasteiger partial charge in [0.2, 0.25) is 0 Å². The molecule has 0 radical (unpaired) electrons. The highest BCUT2D eigenvalue weighted by atomic mass is 16.5. The van der Waals surface area contributed by atoms with E-state index in [9.17, 15) is 14.4 Å². The van der Waals surface area contributed by atoms with Crippen molar-refractivity contribution in [3.05, 3.63) is 105 Å². The van der Waals surface area contributed by atoms with Crippen LogP contribution in [0.5, 0.6) is 5.75 Å². The number of methoxy groups -OCH3 is 1. The Hall–Kier alpha value is -4.13.